The third-order valence-electron chi connectivity index (χ3n) is 6.66. The lowest BCUT2D eigenvalue weighted by Gasteiger charge is -2.29. The molecule has 0 saturated carbocycles. The van der Waals surface area contributed by atoms with Gasteiger partial charge in [-0.2, -0.15) is 0 Å². The molecule has 1 fully saturated rings. The van der Waals surface area contributed by atoms with Gasteiger partial charge in [0, 0.05) is 18.2 Å². The van der Waals surface area contributed by atoms with Crippen LogP contribution in [0.25, 0.3) is 0 Å². The van der Waals surface area contributed by atoms with Gasteiger partial charge < -0.3 is 31.5 Å². The van der Waals surface area contributed by atoms with E-state index in [1.807, 2.05) is 78.9 Å². The first-order valence-electron chi connectivity index (χ1n) is 12.5. The van der Waals surface area contributed by atoms with E-state index in [1.165, 1.54) is 0 Å². The number of carbonyl (C=O) groups excluding carboxylic acids is 2. The van der Waals surface area contributed by atoms with Crippen molar-refractivity contribution in [3.8, 4) is 0 Å². The first kappa shape index (κ1) is 26.8. The molecule has 0 spiro atoms. The van der Waals surface area contributed by atoms with Crippen LogP contribution in [-0.2, 0) is 20.7 Å². The fraction of sp³-hybridized carbons (Fsp3) is 0.276. The Labute approximate surface area is 221 Å². The van der Waals surface area contributed by atoms with Crippen molar-refractivity contribution in [2.75, 3.05) is 18.5 Å². The molecular weight excluding hydrogens is 484 g/mol. The number of rotatable bonds is 10. The highest BCUT2D eigenvalue weighted by Crippen LogP contribution is 2.29. The number of hydrogen-bond donors (Lipinski definition) is 5. The van der Waals surface area contributed by atoms with Crippen LogP contribution in [0, 0.1) is 0 Å². The summed E-state index contributed by atoms with van der Waals surface area (Å²) in [6.07, 6.45) is -0.108. The maximum Gasteiger partial charge on any atom is 0.405 e. The lowest BCUT2D eigenvalue weighted by atomic mass is 9.84. The van der Waals surface area contributed by atoms with Crippen LogP contribution in [0.2, 0.25) is 0 Å². The van der Waals surface area contributed by atoms with Crippen molar-refractivity contribution >= 4 is 23.6 Å². The quantitative estimate of drug-likeness (QED) is 0.280. The topological polar surface area (TPSA) is 143 Å². The molecule has 0 aromatic heterocycles. The van der Waals surface area contributed by atoms with Gasteiger partial charge in [-0.1, -0.05) is 78.9 Å². The summed E-state index contributed by atoms with van der Waals surface area (Å²) in [7, 11) is 0. The van der Waals surface area contributed by atoms with Crippen LogP contribution in [0.3, 0.4) is 0 Å². The van der Waals surface area contributed by atoms with Crippen LogP contribution in [0.5, 0.6) is 0 Å². The zero-order valence-electron chi connectivity index (χ0n) is 20.9. The predicted octanol–water partition coefficient (Wildman–Crippen LogP) is 2.87. The van der Waals surface area contributed by atoms with Crippen molar-refractivity contribution in [3.63, 3.8) is 0 Å². The average Bonchev–Trinajstić information content (AvgIpc) is 2.93. The number of nitrogens with two attached hydrogens (primary N) is 1. The van der Waals surface area contributed by atoms with Gasteiger partial charge in [-0.15, -0.1) is 0 Å². The van der Waals surface area contributed by atoms with Gasteiger partial charge in [0.15, 0.2) is 0 Å². The van der Waals surface area contributed by atoms with Crippen molar-refractivity contribution in [2.24, 2.45) is 5.73 Å². The van der Waals surface area contributed by atoms with Gasteiger partial charge >= 0.3 is 6.09 Å². The molecule has 9 heteroatoms. The molecule has 198 valence electrons. The standard InChI is InChI=1S/C29H32N4O5/c30-27(34)24-18-38-22(17-31-24)16-15-19-9-7-8-14-23(19)32-28(35)26(33-29(36)37)25(20-10-3-1-4-11-20)21-12-5-2-6-13-21/h1-14,22,24-26,31,33H,15-18H2,(H2,30,34)(H,32,35)(H,36,37)/t22-,24+,26+/m1/s1. The van der Waals surface area contributed by atoms with E-state index >= 15 is 0 Å². The van der Waals surface area contributed by atoms with Crippen LogP contribution in [0.15, 0.2) is 84.9 Å². The molecule has 1 heterocycles. The van der Waals surface area contributed by atoms with Crippen molar-refractivity contribution in [2.45, 2.75) is 36.9 Å². The Morgan fingerprint density at radius 3 is 2.11 bits per heavy atom. The summed E-state index contributed by atoms with van der Waals surface area (Å²) in [4.78, 5) is 36.8. The number of anilines is 1. The van der Waals surface area contributed by atoms with Crippen LogP contribution in [0.1, 0.15) is 29.0 Å². The second-order valence-corrected chi connectivity index (χ2v) is 9.23. The molecule has 1 aliphatic heterocycles. The van der Waals surface area contributed by atoms with Gasteiger partial charge in [0.25, 0.3) is 0 Å². The van der Waals surface area contributed by atoms with Gasteiger partial charge in [0.05, 0.1) is 12.7 Å². The fourth-order valence-corrected chi connectivity index (χ4v) is 4.71. The molecule has 6 N–H and O–H groups in total. The number of carboxylic acid groups (broad SMARTS) is 1. The molecule has 0 unspecified atom stereocenters. The van der Waals surface area contributed by atoms with Crippen LogP contribution in [0.4, 0.5) is 10.5 Å². The largest absolute Gasteiger partial charge is 0.465 e. The highest BCUT2D eigenvalue weighted by Gasteiger charge is 2.33. The minimum atomic E-state index is -1.29. The summed E-state index contributed by atoms with van der Waals surface area (Å²) in [6.45, 7) is 0.726. The van der Waals surface area contributed by atoms with E-state index in [2.05, 4.69) is 16.0 Å². The number of aryl methyl sites for hydroxylation is 1. The average molecular weight is 517 g/mol. The predicted molar refractivity (Wildman–Crippen MR) is 144 cm³/mol. The van der Waals surface area contributed by atoms with Gasteiger partial charge in [-0.25, -0.2) is 4.79 Å². The van der Waals surface area contributed by atoms with E-state index in [0.717, 1.165) is 16.7 Å². The molecule has 1 aliphatic rings. The molecular formula is C29H32N4O5. The van der Waals surface area contributed by atoms with Crippen molar-refractivity contribution in [1.29, 1.82) is 0 Å². The highest BCUT2D eigenvalue weighted by atomic mass is 16.5. The molecule has 38 heavy (non-hydrogen) atoms. The summed E-state index contributed by atoms with van der Waals surface area (Å²) in [5.74, 6) is -1.44. The molecule has 4 rings (SSSR count). The van der Waals surface area contributed by atoms with Crippen molar-refractivity contribution < 1.29 is 24.2 Å². The number of ether oxygens (including phenoxy) is 1. The minimum Gasteiger partial charge on any atom is -0.465 e. The highest BCUT2D eigenvalue weighted by molar-refractivity contribution is 5.98. The lowest BCUT2D eigenvalue weighted by molar-refractivity contribution is -0.124. The Kier molecular flexibility index (Phi) is 9.07. The maximum atomic E-state index is 13.7. The lowest BCUT2D eigenvalue weighted by Crippen LogP contribution is -2.52. The number of primary amides is 1. The number of amides is 3. The summed E-state index contributed by atoms with van der Waals surface area (Å²) in [5, 5.41) is 18.1. The Morgan fingerprint density at radius 1 is 0.947 bits per heavy atom. The number of hydrogen-bond acceptors (Lipinski definition) is 5. The summed E-state index contributed by atoms with van der Waals surface area (Å²) >= 11 is 0. The maximum absolute atomic E-state index is 13.7. The Balaban J connectivity index is 1.53. The molecule has 3 atom stereocenters. The zero-order valence-corrected chi connectivity index (χ0v) is 20.9. The fourth-order valence-electron chi connectivity index (χ4n) is 4.71. The molecule has 9 nitrogen and oxygen atoms in total. The van der Waals surface area contributed by atoms with E-state index in [-0.39, 0.29) is 12.7 Å². The number of morpholine rings is 1. The van der Waals surface area contributed by atoms with Crippen LogP contribution >= 0.6 is 0 Å². The Hall–Kier alpha value is -4.21. The molecule has 0 aliphatic carbocycles. The van der Waals surface area contributed by atoms with Crippen LogP contribution < -0.4 is 21.7 Å². The Morgan fingerprint density at radius 2 is 1.55 bits per heavy atom. The third-order valence-corrected chi connectivity index (χ3v) is 6.66. The van der Waals surface area contributed by atoms with Crippen LogP contribution in [-0.4, -0.2) is 54.4 Å². The molecule has 3 aromatic carbocycles. The minimum absolute atomic E-state index is 0.101. The SMILES string of the molecule is NC(=O)[C@@H]1CO[C@H](CCc2ccccc2NC(=O)[C@@H](NC(=O)O)C(c2ccccc2)c2ccccc2)CN1. The molecule has 3 amide bonds. The molecule has 0 bridgehead atoms. The summed E-state index contributed by atoms with van der Waals surface area (Å²) in [5.41, 5.74) is 8.46. The summed E-state index contributed by atoms with van der Waals surface area (Å²) in [6, 6.07) is 24.6. The number of benzene rings is 3. The van der Waals surface area contributed by atoms with E-state index in [4.69, 9.17) is 10.5 Å². The zero-order chi connectivity index (χ0) is 26.9. The second kappa shape index (κ2) is 12.8. The second-order valence-electron chi connectivity index (χ2n) is 9.23. The summed E-state index contributed by atoms with van der Waals surface area (Å²) < 4.78 is 5.78. The van der Waals surface area contributed by atoms with E-state index in [0.29, 0.717) is 25.1 Å². The van der Waals surface area contributed by atoms with Crippen molar-refractivity contribution in [3.05, 3.63) is 102 Å². The smallest absolute Gasteiger partial charge is 0.405 e. The van der Waals surface area contributed by atoms with E-state index in [1.54, 1.807) is 6.07 Å². The number of nitrogens with one attached hydrogen (secondary N) is 3. The Bertz CT molecular complexity index is 1190. The monoisotopic (exact) mass is 516 g/mol. The third kappa shape index (κ3) is 6.96. The normalized spacial score (nSPS) is 17.9. The molecule has 3 aromatic rings. The first-order valence-corrected chi connectivity index (χ1v) is 12.5. The molecule has 0 radical (unpaired) electrons. The first-order chi connectivity index (χ1) is 18.4. The van der Waals surface area contributed by atoms with E-state index in [9.17, 15) is 19.5 Å². The van der Waals surface area contributed by atoms with Gasteiger partial charge in [-0.3, -0.25) is 9.59 Å². The van der Waals surface area contributed by atoms with E-state index < -0.39 is 35.9 Å². The number of carbonyl (C=O) groups is 3. The van der Waals surface area contributed by atoms with Gasteiger partial charge in [0.1, 0.15) is 12.1 Å². The number of para-hydroxylation sites is 1. The van der Waals surface area contributed by atoms with Gasteiger partial charge in [0.2, 0.25) is 11.8 Å². The van der Waals surface area contributed by atoms with Crippen molar-refractivity contribution in [1.82, 2.24) is 10.6 Å². The molecule has 1 saturated heterocycles. The van der Waals surface area contributed by atoms with Gasteiger partial charge in [-0.05, 0) is 35.6 Å².